The van der Waals surface area contributed by atoms with Crippen molar-refractivity contribution >= 4 is 0 Å². The number of hydrogen-bond acceptors (Lipinski definition) is 2. The topological polar surface area (TPSA) is 48.0 Å². The number of aliphatic hydroxyl groups excluding tert-OH is 1. The fourth-order valence-electron chi connectivity index (χ4n) is 0.826. The second kappa shape index (κ2) is 4.09. The first kappa shape index (κ1) is 7.31. The SMILES string of the molecule is OCNCCc1cc[nH]c1. The van der Waals surface area contributed by atoms with Gasteiger partial charge >= 0.3 is 0 Å². The van der Waals surface area contributed by atoms with Gasteiger partial charge in [-0.25, -0.2) is 0 Å². The van der Waals surface area contributed by atoms with Crippen LogP contribution in [-0.4, -0.2) is 23.4 Å². The maximum atomic E-state index is 8.38. The minimum atomic E-state index is 0.0599. The van der Waals surface area contributed by atoms with Crippen LogP contribution in [0.5, 0.6) is 0 Å². The Labute approximate surface area is 60.1 Å². The average molecular weight is 140 g/mol. The summed E-state index contributed by atoms with van der Waals surface area (Å²) < 4.78 is 0. The zero-order valence-electron chi connectivity index (χ0n) is 5.80. The largest absolute Gasteiger partial charge is 0.381 e. The molecule has 0 bridgehead atoms. The predicted molar refractivity (Wildman–Crippen MR) is 39.6 cm³/mol. The van der Waals surface area contributed by atoms with Gasteiger partial charge in [0.15, 0.2) is 0 Å². The van der Waals surface area contributed by atoms with Crippen molar-refractivity contribution in [1.29, 1.82) is 0 Å². The molecule has 0 aromatic carbocycles. The van der Waals surface area contributed by atoms with Crippen LogP contribution in [0.2, 0.25) is 0 Å². The monoisotopic (exact) mass is 140 g/mol. The van der Waals surface area contributed by atoms with Crippen LogP contribution in [0.1, 0.15) is 5.56 Å². The highest BCUT2D eigenvalue weighted by atomic mass is 16.3. The van der Waals surface area contributed by atoms with E-state index in [0.29, 0.717) is 0 Å². The molecule has 0 aliphatic heterocycles. The van der Waals surface area contributed by atoms with Crippen molar-refractivity contribution in [2.24, 2.45) is 0 Å². The normalized spacial score (nSPS) is 10.1. The van der Waals surface area contributed by atoms with Gasteiger partial charge in [-0.05, 0) is 18.1 Å². The molecule has 0 aliphatic carbocycles. The van der Waals surface area contributed by atoms with Crippen LogP contribution in [0.15, 0.2) is 18.5 Å². The Bertz CT molecular complexity index is 160. The van der Waals surface area contributed by atoms with Crippen LogP contribution in [0.3, 0.4) is 0 Å². The van der Waals surface area contributed by atoms with E-state index in [9.17, 15) is 0 Å². The summed E-state index contributed by atoms with van der Waals surface area (Å²) in [7, 11) is 0. The zero-order chi connectivity index (χ0) is 7.23. The molecule has 0 saturated heterocycles. The fourth-order valence-corrected chi connectivity index (χ4v) is 0.826. The van der Waals surface area contributed by atoms with Crippen molar-refractivity contribution in [3.63, 3.8) is 0 Å². The van der Waals surface area contributed by atoms with Gasteiger partial charge in [-0.1, -0.05) is 0 Å². The molecular weight excluding hydrogens is 128 g/mol. The number of nitrogens with one attached hydrogen (secondary N) is 2. The zero-order valence-corrected chi connectivity index (χ0v) is 5.80. The van der Waals surface area contributed by atoms with Crippen molar-refractivity contribution in [1.82, 2.24) is 10.3 Å². The maximum absolute atomic E-state index is 8.38. The molecule has 0 saturated carbocycles. The Morgan fingerprint density at radius 2 is 2.50 bits per heavy atom. The molecule has 3 N–H and O–H groups in total. The van der Waals surface area contributed by atoms with E-state index >= 15 is 0 Å². The van der Waals surface area contributed by atoms with Crippen LogP contribution < -0.4 is 5.32 Å². The molecule has 0 fully saturated rings. The number of hydrogen-bond donors (Lipinski definition) is 3. The lowest BCUT2D eigenvalue weighted by Crippen LogP contribution is -2.17. The lowest BCUT2D eigenvalue weighted by Gasteiger charge is -1.96. The molecule has 0 atom stereocenters. The van der Waals surface area contributed by atoms with Gasteiger partial charge in [-0.3, -0.25) is 5.32 Å². The first-order valence-electron chi connectivity index (χ1n) is 3.36. The summed E-state index contributed by atoms with van der Waals surface area (Å²) in [5.74, 6) is 0. The Hall–Kier alpha value is -0.800. The molecule has 1 heterocycles. The summed E-state index contributed by atoms with van der Waals surface area (Å²) >= 11 is 0. The number of aromatic nitrogens is 1. The first-order valence-corrected chi connectivity index (χ1v) is 3.36. The molecule has 0 amide bonds. The van der Waals surface area contributed by atoms with Crippen LogP contribution >= 0.6 is 0 Å². The van der Waals surface area contributed by atoms with E-state index in [1.165, 1.54) is 5.56 Å². The van der Waals surface area contributed by atoms with Gasteiger partial charge in [-0.2, -0.15) is 0 Å². The highest BCUT2D eigenvalue weighted by Crippen LogP contribution is 1.95. The number of aliphatic hydroxyl groups is 1. The molecule has 1 aromatic heterocycles. The summed E-state index contributed by atoms with van der Waals surface area (Å²) in [6.07, 6.45) is 4.82. The Morgan fingerprint density at radius 1 is 1.60 bits per heavy atom. The van der Waals surface area contributed by atoms with Gasteiger partial charge in [0, 0.05) is 18.9 Å². The molecule has 1 aromatic rings. The summed E-state index contributed by atoms with van der Waals surface area (Å²) in [4.78, 5) is 2.97. The van der Waals surface area contributed by atoms with Crippen molar-refractivity contribution in [3.8, 4) is 0 Å². The summed E-state index contributed by atoms with van der Waals surface area (Å²) in [6.45, 7) is 0.888. The summed E-state index contributed by atoms with van der Waals surface area (Å²) in [5, 5.41) is 11.2. The van der Waals surface area contributed by atoms with E-state index in [0.717, 1.165) is 13.0 Å². The predicted octanol–water partition coefficient (Wildman–Crippen LogP) is 0.0966. The number of rotatable bonds is 4. The molecule has 0 aliphatic rings. The minimum absolute atomic E-state index is 0.0599. The molecule has 0 spiro atoms. The quantitative estimate of drug-likeness (QED) is 0.410. The van der Waals surface area contributed by atoms with Gasteiger partial charge in [0.05, 0.1) is 6.73 Å². The van der Waals surface area contributed by atoms with E-state index in [2.05, 4.69) is 10.3 Å². The van der Waals surface area contributed by atoms with Gasteiger partial charge in [0.25, 0.3) is 0 Å². The van der Waals surface area contributed by atoms with E-state index in [-0.39, 0.29) is 6.73 Å². The highest BCUT2D eigenvalue weighted by molar-refractivity contribution is 5.08. The second-order valence-corrected chi connectivity index (χ2v) is 2.13. The van der Waals surface area contributed by atoms with E-state index in [1.54, 1.807) is 0 Å². The minimum Gasteiger partial charge on any atom is -0.381 e. The second-order valence-electron chi connectivity index (χ2n) is 2.13. The van der Waals surface area contributed by atoms with Crippen molar-refractivity contribution < 1.29 is 5.11 Å². The molecule has 3 heteroatoms. The van der Waals surface area contributed by atoms with Crippen molar-refractivity contribution in [2.75, 3.05) is 13.3 Å². The third-order valence-electron chi connectivity index (χ3n) is 1.36. The fraction of sp³-hybridized carbons (Fsp3) is 0.429. The van der Waals surface area contributed by atoms with Crippen molar-refractivity contribution in [2.45, 2.75) is 6.42 Å². The van der Waals surface area contributed by atoms with E-state index < -0.39 is 0 Å². The average Bonchev–Trinajstić information content (AvgIpc) is 2.41. The summed E-state index contributed by atoms with van der Waals surface area (Å²) in [5.41, 5.74) is 1.26. The van der Waals surface area contributed by atoms with Crippen LogP contribution in [0.4, 0.5) is 0 Å². The maximum Gasteiger partial charge on any atom is 0.0931 e. The van der Waals surface area contributed by atoms with Gasteiger partial charge in [0.1, 0.15) is 0 Å². The van der Waals surface area contributed by atoms with Gasteiger partial charge in [0.2, 0.25) is 0 Å². The number of aromatic amines is 1. The molecule has 1 rings (SSSR count). The van der Waals surface area contributed by atoms with E-state index in [1.807, 2.05) is 18.5 Å². The molecular formula is C7H12N2O. The molecule has 10 heavy (non-hydrogen) atoms. The lowest BCUT2D eigenvalue weighted by molar-refractivity contribution is 0.262. The smallest absolute Gasteiger partial charge is 0.0931 e. The van der Waals surface area contributed by atoms with Gasteiger partial charge in [-0.15, -0.1) is 0 Å². The lowest BCUT2D eigenvalue weighted by atomic mass is 10.2. The standard InChI is InChI=1S/C7H12N2O/c10-6-9-4-2-7-1-3-8-5-7/h1,3,5,8-10H,2,4,6H2. The Morgan fingerprint density at radius 3 is 3.10 bits per heavy atom. The Kier molecular flexibility index (Phi) is 2.99. The third-order valence-corrected chi connectivity index (χ3v) is 1.36. The molecule has 56 valence electrons. The molecule has 3 nitrogen and oxygen atoms in total. The van der Waals surface area contributed by atoms with Gasteiger partial charge < -0.3 is 10.1 Å². The number of H-pyrrole nitrogens is 1. The van der Waals surface area contributed by atoms with E-state index in [4.69, 9.17) is 5.11 Å². The van der Waals surface area contributed by atoms with Crippen LogP contribution in [0, 0.1) is 0 Å². The Balaban J connectivity index is 2.15. The first-order chi connectivity index (χ1) is 4.93. The van der Waals surface area contributed by atoms with Crippen molar-refractivity contribution in [3.05, 3.63) is 24.0 Å². The van der Waals surface area contributed by atoms with Crippen LogP contribution in [0.25, 0.3) is 0 Å². The molecule has 0 radical (unpaired) electrons. The third kappa shape index (κ3) is 2.21. The highest BCUT2D eigenvalue weighted by Gasteiger charge is 1.89. The van der Waals surface area contributed by atoms with Crippen LogP contribution in [-0.2, 0) is 6.42 Å². The molecule has 0 unspecified atom stereocenters. The summed E-state index contributed by atoms with van der Waals surface area (Å²) in [6, 6.07) is 2.03.